The molecule has 1 aliphatic carbocycles. The number of likely N-dealkylation sites (N-methyl/N-ethyl adjacent to an activating group) is 2. The highest BCUT2D eigenvalue weighted by Gasteiger charge is 2.20. The highest BCUT2D eigenvalue weighted by atomic mass is 16.5. The maximum Gasteiger partial charge on any atom is 0.329 e. The first-order chi connectivity index (χ1) is 16.1. The van der Waals surface area contributed by atoms with E-state index in [0.717, 1.165) is 50.3 Å². The van der Waals surface area contributed by atoms with Crippen molar-refractivity contribution in [2.75, 3.05) is 46.9 Å². The Morgan fingerprint density at radius 3 is 2.48 bits per heavy atom. The molecule has 0 aliphatic heterocycles. The predicted molar refractivity (Wildman–Crippen MR) is 132 cm³/mol. The maximum absolute atomic E-state index is 12.2. The number of rotatable bonds is 13. The lowest BCUT2D eigenvalue weighted by Crippen LogP contribution is -2.35. The number of ether oxygens (including phenoxy) is 2. The van der Waals surface area contributed by atoms with Gasteiger partial charge in [-0.15, -0.1) is 0 Å². The molecule has 0 spiro atoms. The van der Waals surface area contributed by atoms with E-state index in [2.05, 4.69) is 42.0 Å². The largest absolute Gasteiger partial charge is 0.492 e. The lowest BCUT2D eigenvalue weighted by Gasteiger charge is -2.27. The minimum absolute atomic E-state index is 0.243. The van der Waals surface area contributed by atoms with E-state index in [1.165, 1.54) is 12.8 Å². The van der Waals surface area contributed by atoms with Crippen molar-refractivity contribution in [1.29, 1.82) is 0 Å². The van der Waals surface area contributed by atoms with Gasteiger partial charge >= 0.3 is 5.97 Å². The van der Waals surface area contributed by atoms with Gasteiger partial charge in [-0.2, -0.15) is 0 Å². The van der Waals surface area contributed by atoms with Gasteiger partial charge in [-0.25, -0.2) is 4.79 Å². The normalized spacial score (nSPS) is 14.1. The van der Waals surface area contributed by atoms with Crippen molar-refractivity contribution in [3.63, 3.8) is 0 Å². The van der Waals surface area contributed by atoms with Gasteiger partial charge in [-0.05, 0) is 55.3 Å². The highest BCUT2D eigenvalue weighted by molar-refractivity contribution is 5.74. The number of hydrogen-bond acceptors (Lipinski definition) is 5. The van der Waals surface area contributed by atoms with Gasteiger partial charge in [0.25, 0.3) is 0 Å². The van der Waals surface area contributed by atoms with E-state index in [0.29, 0.717) is 13.0 Å². The first kappa shape index (κ1) is 24.6. The molecule has 0 bridgehead atoms. The van der Waals surface area contributed by atoms with Crippen LogP contribution in [-0.2, 0) is 16.0 Å². The van der Waals surface area contributed by atoms with Crippen molar-refractivity contribution < 1.29 is 14.3 Å². The van der Waals surface area contributed by atoms with E-state index >= 15 is 0 Å². The van der Waals surface area contributed by atoms with Crippen LogP contribution in [-0.4, -0.2) is 67.3 Å². The minimum atomic E-state index is -0.368. The molecule has 1 atom stereocenters. The SMILES string of the molecule is CCN(CCOc1ccc(CC(C(=O)OC)n2cccc2)cc1)CCN(C)C1=CCCC=C1. The quantitative estimate of drug-likeness (QED) is 0.425. The summed E-state index contributed by atoms with van der Waals surface area (Å²) in [5, 5.41) is 0. The summed E-state index contributed by atoms with van der Waals surface area (Å²) in [6.07, 6.45) is 13.4. The third-order valence-electron chi connectivity index (χ3n) is 6.10. The molecular formula is C27H37N3O3. The summed E-state index contributed by atoms with van der Waals surface area (Å²) in [5.41, 5.74) is 2.38. The molecule has 1 aliphatic rings. The second-order valence-electron chi connectivity index (χ2n) is 8.33. The number of allylic oxidation sites excluding steroid dienone is 3. The number of carbonyl (C=O) groups excluding carboxylic acids is 1. The van der Waals surface area contributed by atoms with Crippen molar-refractivity contribution in [2.24, 2.45) is 0 Å². The van der Waals surface area contributed by atoms with Crippen molar-refractivity contribution in [3.05, 3.63) is 78.3 Å². The molecule has 1 unspecified atom stereocenters. The zero-order valence-electron chi connectivity index (χ0n) is 20.2. The van der Waals surface area contributed by atoms with Crippen molar-refractivity contribution >= 4 is 5.97 Å². The molecule has 1 heterocycles. The van der Waals surface area contributed by atoms with E-state index in [1.807, 2.05) is 53.4 Å². The maximum atomic E-state index is 12.2. The Bertz CT molecular complexity index is 903. The summed E-state index contributed by atoms with van der Waals surface area (Å²) < 4.78 is 12.9. The van der Waals surface area contributed by atoms with Crippen LogP contribution in [0.5, 0.6) is 5.75 Å². The van der Waals surface area contributed by atoms with Crippen LogP contribution in [0.1, 0.15) is 31.4 Å². The van der Waals surface area contributed by atoms with Crippen LogP contribution in [0, 0.1) is 0 Å². The fourth-order valence-electron chi connectivity index (χ4n) is 3.97. The molecule has 0 radical (unpaired) electrons. The average molecular weight is 452 g/mol. The number of methoxy groups -OCH3 is 1. The van der Waals surface area contributed by atoms with Crippen LogP contribution in [0.2, 0.25) is 0 Å². The van der Waals surface area contributed by atoms with Gasteiger partial charge in [-0.1, -0.05) is 31.2 Å². The van der Waals surface area contributed by atoms with Gasteiger partial charge in [0.15, 0.2) is 0 Å². The molecule has 0 amide bonds. The lowest BCUT2D eigenvalue weighted by atomic mass is 10.1. The van der Waals surface area contributed by atoms with Crippen LogP contribution in [0.25, 0.3) is 0 Å². The Hall–Kier alpha value is -2.99. The molecule has 2 aromatic rings. The number of nitrogens with zero attached hydrogens (tertiary/aromatic N) is 3. The summed E-state index contributed by atoms with van der Waals surface area (Å²) in [6.45, 7) is 6.74. The standard InChI is InChI=1S/C27H37N3O3/c1-4-29(19-18-28(2)24-10-6-5-7-11-24)20-21-33-25-14-12-23(13-15-25)22-26(27(31)32-3)30-16-8-9-17-30/h6,8-17,26H,4-5,7,18-22H2,1-3H3. The topological polar surface area (TPSA) is 46.9 Å². The molecule has 0 saturated heterocycles. The summed E-state index contributed by atoms with van der Waals surface area (Å²) >= 11 is 0. The molecule has 178 valence electrons. The van der Waals surface area contributed by atoms with Crippen LogP contribution in [0.3, 0.4) is 0 Å². The van der Waals surface area contributed by atoms with E-state index in [-0.39, 0.29) is 12.0 Å². The molecule has 6 nitrogen and oxygen atoms in total. The highest BCUT2D eigenvalue weighted by Crippen LogP contribution is 2.19. The number of carbonyl (C=O) groups is 1. The Kier molecular flexibility index (Phi) is 9.63. The van der Waals surface area contributed by atoms with Crippen molar-refractivity contribution in [3.8, 4) is 5.75 Å². The molecule has 0 N–H and O–H groups in total. The third-order valence-corrected chi connectivity index (χ3v) is 6.10. The molecule has 33 heavy (non-hydrogen) atoms. The fourth-order valence-corrected chi connectivity index (χ4v) is 3.97. The molecule has 0 fully saturated rings. The first-order valence-corrected chi connectivity index (χ1v) is 11.8. The zero-order valence-corrected chi connectivity index (χ0v) is 20.2. The smallest absolute Gasteiger partial charge is 0.329 e. The van der Waals surface area contributed by atoms with Gasteiger partial charge in [0, 0.05) is 51.2 Å². The second kappa shape index (κ2) is 12.9. The summed E-state index contributed by atoms with van der Waals surface area (Å²) in [7, 11) is 3.59. The fraction of sp³-hybridized carbons (Fsp3) is 0.444. The van der Waals surface area contributed by atoms with Gasteiger partial charge in [0.1, 0.15) is 18.4 Å². The van der Waals surface area contributed by atoms with Crippen LogP contribution in [0.4, 0.5) is 0 Å². The zero-order chi connectivity index (χ0) is 23.5. The van der Waals surface area contributed by atoms with Crippen molar-refractivity contribution in [1.82, 2.24) is 14.4 Å². The van der Waals surface area contributed by atoms with E-state index in [1.54, 1.807) is 0 Å². The number of hydrogen-bond donors (Lipinski definition) is 0. The van der Waals surface area contributed by atoms with E-state index in [9.17, 15) is 4.79 Å². The molecule has 0 saturated carbocycles. The molecule has 1 aromatic heterocycles. The van der Waals surface area contributed by atoms with Crippen LogP contribution < -0.4 is 4.74 Å². The third kappa shape index (κ3) is 7.53. The minimum Gasteiger partial charge on any atom is -0.492 e. The second-order valence-corrected chi connectivity index (χ2v) is 8.33. The molecule has 6 heteroatoms. The summed E-state index contributed by atoms with van der Waals surface area (Å²) in [6, 6.07) is 11.5. The van der Waals surface area contributed by atoms with Crippen LogP contribution in [0.15, 0.2) is 72.7 Å². The van der Waals surface area contributed by atoms with Crippen molar-refractivity contribution in [2.45, 2.75) is 32.2 Å². The summed E-state index contributed by atoms with van der Waals surface area (Å²) in [5.74, 6) is 0.604. The molecule has 3 rings (SSSR count). The molecular weight excluding hydrogens is 414 g/mol. The average Bonchev–Trinajstić information content (AvgIpc) is 3.40. The Labute approximate surface area is 198 Å². The monoisotopic (exact) mass is 451 g/mol. The Balaban J connectivity index is 1.44. The van der Waals surface area contributed by atoms with Crippen LogP contribution >= 0.6 is 0 Å². The van der Waals surface area contributed by atoms with Gasteiger partial charge in [-0.3, -0.25) is 4.90 Å². The van der Waals surface area contributed by atoms with E-state index in [4.69, 9.17) is 9.47 Å². The van der Waals surface area contributed by atoms with Gasteiger partial charge in [0.2, 0.25) is 0 Å². The first-order valence-electron chi connectivity index (χ1n) is 11.8. The van der Waals surface area contributed by atoms with E-state index < -0.39 is 0 Å². The number of aromatic nitrogens is 1. The number of esters is 1. The van der Waals surface area contributed by atoms with Gasteiger partial charge in [0.05, 0.1) is 7.11 Å². The predicted octanol–water partition coefficient (Wildman–Crippen LogP) is 4.31. The lowest BCUT2D eigenvalue weighted by molar-refractivity contribution is -0.144. The number of benzene rings is 1. The Morgan fingerprint density at radius 1 is 1.09 bits per heavy atom. The van der Waals surface area contributed by atoms with Gasteiger partial charge < -0.3 is 18.9 Å². The molecule has 1 aromatic carbocycles. The Morgan fingerprint density at radius 2 is 1.85 bits per heavy atom. The summed E-state index contributed by atoms with van der Waals surface area (Å²) in [4.78, 5) is 17.0.